The highest BCUT2D eigenvalue weighted by molar-refractivity contribution is 5.92. The van der Waals surface area contributed by atoms with E-state index in [2.05, 4.69) is 10.3 Å². The lowest BCUT2D eigenvalue weighted by Crippen LogP contribution is -2.36. The van der Waals surface area contributed by atoms with Crippen molar-refractivity contribution in [1.29, 1.82) is 0 Å². The molecule has 3 rings (SSSR count). The third kappa shape index (κ3) is 3.60. The van der Waals surface area contributed by atoms with Gasteiger partial charge in [-0.2, -0.15) is 0 Å². The van der Waals surface area contributed by atoms with Crippen LogP contribution >= 0.6 is 0 Å². The lowest BCUT2D eigenvalue weighted by molar-refractivity contribution is -0.175. The second-order valence-electron chi connectivity index (χ2n) is 5.80. The van der Waals surface area contributed by atoms with Crippen molar-refractivity contribution in [2.45, 2.75) is 50.4 Å². The third-order valence-corrected chi connectivity index (χ3v) is 4.17. The lowest BCUT2D eigenvalue weighted by Gasteiger charge is -2.26. The van der Waals surface area contributed by atoms with Gasteiger partial charge in [0.15, 0.2) is 5.79 Å². The Labute approximate surface area is 125 Å². The SMILES string of the molecule is O=C(NCC1COC2(CCCCCC2)O1)c1ccccn1. The smallest absolute Gasteiger partial charge is 0.269 e. The molecule has 1 amide bonds. The topological polar surface area (TPSA) is 60.5 Å². The fourth-order valence-corrected chi connectivity index (χ4v) is 3.04. The van der Waals surface area contributed by atoms with Crippen molar-refractivity contribution < 1.29 is 14.3 Å². The molecule has 2 fully saturated rings. The zero-order chi connectivity index (χ0) is 14.5. The number of hydrogen-bond acceptors (Lipinski definition) is 4. The summed E-state index contributed by atoms with van der Waals surface area (Å²) in [5.74, 6) is -0.558. The number of nitrogens with zero attached hydrogens (tertiary/aromatic N) is 1. The number of hydrogen-bond donors (Lipinski definition) is 1. The number of carbonyl (C=O) groups is 1. The van der Waals surface area contributed by atoms with E-state index in [1.807, 2.05) is 0 Å². The molecule has 1 saturated heterocycles. The summed E-state index contributed by atoms with van der Waals surface area (Å²) < 4.78 is 12.0. The van der Waals surface area contributed by atoms with Gasteiger partial charge in [-0.1, -0.05) is 18.9 Å². The minimum absolute atomic E-state index is 0.0595. The van der Waals surface area contributed by atoms with E-state index in [0.29, 0.717) is 18.8 Å². The van der Waals surface area contributed by atoms with Gasteiger partial charge < -0.3 is 14.8 Å². The van der Waals surface area contributed by atoms with Gasteiger partial charge in [0.05, 0.1) is 6.61 Å². The van der Waals surface area contributed by atoms with Crippen molar-refractivity contribution in [3.63, 3.8) is 0 Å². The molecule has 1 aromatic heterocycles. The van der Waals surface area contributed by atoms with Gasteiger partial charge >= 0.3 is 0 Å². The molecule has 0 aromatic carbocycles. The van der Waals surface area contributed by atoms with Gasteiger partial charge in [-0.3, -0.25) is 9.78 Å². The monoisotopic (exact) mass is 290 g/mol. The molecule has 0 radical (unpaired) electrons. The molecule has 1 aliphatic heterocycles. The summed E-state index contributed by atoms with van der Waals surface area (Å²) >= 11 is 0. The molecular formula is C16H22N2O3. The molecule has 2 aliphatic rings. The molecule has 1 unspecified atom stereocenters. The average molecular weight is 290 g/mol. The standard InChI is InChI=1S/C16H22N2O3/c19-15(14-7-3-6-10-17-14)18-11-13-12-20-16(21-13)8-4-1-2-5-9-16/h3,6-7,10,13H,1-2,4-5,8-9,11-12H2,(H,18,19). The van der Waals surface area contributed by atoms with E-state index in [-0.39, 0.29) is 12.0 Å². The first-order chi connectivity index (χ1) is 10.3. The first kappa shape index (κ1) is 14.5. The van der Waals surface area contributed by atoms with Crippen molar-refractivity contribution in [2.24, 2.45) is 0 Å². The van der Waals surface area contributed by atoms with E-state index < -0.39 is 5.79 Å². The van der Waals surface area contributed by atoms with Crippen molar-refractivity contribution in [3.8, 4) is 0 Å². The molecule has 1 spiro atoms. The zero-order valence-corrected chi connectivity index (χ0v) is 12.2. The normalized spacial score (nSPS) is 24.7. The Balaban J connectivity index is 1.50. The highest BCUT2D eigenvalue weighted by atomic mass is 16.7. The molecule has 1 saturated carbocycles. The Morgan fingerprint density at radius 1 is 1.29 bits per heavy atom. The maximum absolute atomic E-state index is 12.0. The van der Waals surface area contributed by atoms with E-state index in [0.717, 1.165) is 25.7 Å². The summed E-state index contributed by atoms with van der Waals surface area (Å²) in [5.41, 5.74) is 0.431. The number of rotatable bonds is 3. The maximum Gasteiger partial charge on any atom is 0.269 e. The number of amides is 1. The van der Waals surface area contributed by atoms with Gasteiger partial charge in [0, 0.05) is 25.6 Å². The second-order valence-corrected chi connectivity index (χ2v) is 5.80. The summed E-state index contributed by atoms with van der Waals surface area (Å²) in [6.07, 6.45) is 8.33. The van der Waals surface area contributed by atoms with Gasteiger partial charge in [-0.25, -0.2) is 0 Å². The fraction of sp³-hybridized carbons (Fsp3) is 0.625. The lowest BCUT2D eigenvalue weighted by atomic mass is 10.1. The van der Waals surface area contributed by atoms with Gasteiger partial charge in [-0.05, 0) is 25.0 Å². The summed E-state index contributed by atoms with van der Waals surface area (Å²) in [6.45, 7) is 1.03. The number of carbonyl (C=O) groups excluding carboxylic acids is 1. The van der Waals surface area contributed by atoms with Crippen molar-refractivity contribution in [1.82, 2.24) is 10.3 Å². The van der Waals surface area contributed by atoms with E-state index in [1.165, 1.54) is 12.8 Å². The summed E-state index contributed by atoms with van der Waals surface area (Å²) in [5, 5.41) is 2.87. The molecule has 1 N–H and O–H groups in total. The van der Waals surface area contributed by atoms with Crippen LogP contribution < -0.4 is 5.32 Å². The molecule has 0 bridgehead atoms. The van der Waals surface area contributed by atoms with Crippen molar-refractivity contribution >= 4 is 5.91 Å². The summed E-state index contributed by atoms with van der Waals surface area (Å²) in [7, 11) is 0. The minimum Gasteiger partial charge on any atom is -0.348 e. The highest BCUT2D eigenvalue weighted by Crippen LogP contribution is 2.36. The Hall–Kier alpha value is -1.46. The van der Waals surface area contributed by atoms with Gasteiger partial charge in [0.2, 0.25) is 0 Å². The van der Waals surface area contributed by atoms with Crippen molar-refractivity contribution in [2.75, 3.05) is 13.2 Å². The number of ether oxygens (including phenoxy) is 2. The van der Waals surface area contributed by atoms with E-state index >= 15 is 0 Å². The fourth-order valence-electron chi connectivity index (χ4n) is 3.04. The van der Waals surface area contributed by atoms with Gasteiger partial charge in [0.25, 0.3) is 5.91 Å². The van der Waals surface area contributed by atoms with Crippen LogP contribution in [0.5, 0.6) is 0 Å². The Kier molecular flexibility index (Phi) is 4.51. The Morgan fingerprint density at radius 2 is 2.10 bits per heavy atom. The summed E-state index contributed by atoms with van der Waals surface area (Å²) in [6, 6.07) is 5.30. The molecule has 5 heteroatoms. The van der Waals surface area contributed by atoms with Crippen LogP contribution in [0.1, 0.15) is 49.0 Å². The maximum atomic E-state index is 12.0. The summed E-state index contributed by atoms with van der Waals surface area (Å²) in [4.78, 5) is 16.0. The molecule has 114 valence electrons. The quantitative estimate of drug-likeness (QED) is 0.927. The van der Waals surface area contributed by atoms with E-state index in [9.17, 15) is 4.79 Å². The first-order valence-corrected chi connectivity index (χ1v) is 7.78. The second kappa shape index (κ2) is 6.54. The first-order valence-electron chi connectivity index (χ1n) is 7.78. The zero-order valence-electron chi connectivity index (χ0n) is 12.2. The van der Waals surface area contributed by atoms with Gasteiger partial charge in [-0.15, -0.1) is 0 Å². The Morgan fingerprint density at radius 3 is 2.81 bits per heavy atom. The van der Waals surface area contributed by atoms with Crippen LogP contribution in [0.25, 0.3) is 0 Å². The minimum atomic E-state index is -0.392. The van der Waals surface area contributed by atoms with Crippen LogP contribution in [0.4, 0.5) is 0 Å². The molecule has 1 atom stereocenters. The van der Waals surface area contributed by atoms with Crippen LogP contribution in [0, 0.1) is 0 Å². The van der Waals surface area contributed by atoms with Crippen LogP contribution in [0.15, 0.2) is 24.4 Å². The van der Waals surface area contributed by atoms with Crippen molar-refractivity contribution in [3.05, 3.63) is 30.1 Å². The largest absolute Gasteiger partial charge is 0.348 e. The third-order valence-electron chi connectivity index (χ3n) is 4.17. The number of aromatic nitrogens is 1. The molecule has 1 aliphatic carbocycles. The van der Waals surface area contributed by atoms with Crippen LogP contribution in [0.2, 0.25) is 0 Å². The van der Waals surface area contributed by atoms with Crippen LogP contribution in [-0.4, -0.2) is 35.9 Å². The molecule has 5 nitrogen and oxygen atoms in total. The van der Waals surface area contributed by atoms with E-state index in [1.54, 1.807) is 24.4 Å². The predicted octanol–water partition coefficient (Wildman–Crippen LogP) is 2.28. The molecule has 1 aromatic rings. The number of nitrogens with one attached hydrogen (secondary N) is 1. The van der Waals surface area contributed by atoms with Crippen LogP contribution in [0.3, 0.4) is 0 Å². The highest BCUT2D eigenvalue weighted by Gasteiger charge is 2.41. The molecular weight excluding hydrogens is 268 g/mol. The molecule has 21 heavy (non-hydrogen) atoms. The molecule has 2 heterocycles. The van der Waals surface area contributed by atoms with Crippen LogP contribution in [-0.2, 0) is 9.47 Å². The average Bonchev–Trinajstić information content (AvgIpc) is 2.77. The van der Waals surface area contributed by atoms with Gasteiger partial charge in [0.1, 0.15) is 11.8 Å². The van der Waals surface area contributed by atoms with E-state index in [4.69, 9.17) is 9.47 Å². The predicted molar refractivity (Wildman–Crippen MR) is 77.8 cm³/mol. The Bertz CT molecular complexity index is 470. The number of pyridine rings is 1.